The standard InChI is InChI=1S/C12H20ClN3O2/c1-7(2)9(13)6-10-12(16(17)18)11(8(3)4)14-15(10)5/h7-9H,6H2,1-5H3. The number of hydrogen-bond acceptors (Lipinski definition) is 3. The maximum absolute atomic E-state index is 11.2. The second-order valence-electron chi connectivity index (χ2n) is 5.18. The summed E-state index contributed by atoms with van der Waals surface area (Å²) in [7, 11) is 1.73. The van der Waals surface area contributed by atoms with E-state index in [2.05, 4.69) is 5.10 Å². The van der Waals surface area contributed by atoms with Crippen LogP contribution in [0, 0.1) is 16.0 Å². The molecule has 1 atom stereocenters. The first-order chi connectivity index (χ1) is 8.25. The number of rotatable bonds is 5. The maximum Gasteiger partial charge on any atom is 0.313 e. The molecule has 6 heteroatoms. The average Bonchev–Trinajstić information content (AvgIpc) is 2.56. The largest absolute Gasteiger partial charge is 0.313 e. The van der Waals surface area contributed by atoms with Crippen molar-refractivity contribution in [3.63, 3.8) is 0 Å². The average molecular weight is 274 g/mol. The highest BCUT2D eigenvalue weighted by atomic mass is 35.5. The third kappa shape index (κ3) is 3.02. The molecule has 0 amide bonds. The third-order valence-corrected chi connectivity index (χ3v) is 3.66. The van der Waals surface area contributed by atoms with Crippen LogP contribution in [0.3, 0.4) is 0 Å². The van der Waals surface area contributed by atoms with Gasteiger partial charge < -0.3 is 0 Å². The zero-order valence-corrected chi connectivity index (χ0v) is 12.2. The summed E-state index contributed by atoms with van der Waals surface area (Å²) in [4.78, 5) is 10.9. The Morgan fingerprint density at radius 3 is 2.33 bits per heavy atom. The Kier molecular flexibility index (Phi) is 4.73. The molecule has 0 aromatic carbocycles. The van der Waals surface area contributed by atoms with Crippen LogP contribution >= 0.6 is 11.6 Å². The SMILES string of the molecule is CC(C)c1nn(C)c(CC(Cl)C(C)C)c1[N+](=O)[O-]. The van der Waals surface area contributed by atoms with Crippen molar-refractivity contribution in [3.05, 3.63) is 21.5 Å². The molecule has 0 aliphatic rings. The molecule has 102 valence electrons. The van der Waals surface area contributed by atoms with E-state index in [4.69, 9.17) is 11.6 Å². The summed E-state index contributed by atoms with van der Waals surface area (Å²) >= 11 is 6.22. The molecule has 18 heavy (non-hydrogen) atoms. The molecule has 1 aromatic rings. The summed E-state index contributed by atoms with van der Waals surface area (Å²) in [5, 5.41) is 15.4. The lowest BCUT2D eigenvalue weighted by atomic mass is 10.0. The van der Waals surface area contributed by atoms with Crippen molar-refractivity contribution < 1.29 is 4.92 Å². The minimum Gasteiger partial charge on any atom is -0.265 e. The Hall–Kier alpha value is -1.10. The Morgan fingerprint density at radius 1 is 1.39 bits per heavy atom. The van der Waals surface area contributed by atoms with Gasteiger partial charge in [-0.15, -0.1) is 11.6 Å². The fraction of sp³-hybridized carbons (Fsp3) is 0.750. The Balaban J connectivity index is 3.22. The van der Waals surface area contributed by atoms with E-state index in [1.165, 1.54) is 0 Å². The molecule has 0 bridgehead atoms. The van der Waals surface area contributed by atoms with E-state index in [1.54, 1.807) is 11.7 Å². The van der Waals surface area contributed by atoms with Crippen LogP contribution in [-0.4, -0.2) is 20.1 Å². The van der Waals surface area contributed by atoms with E-state index < -0.39 is 0 Å². The van der Waals surface area contributed by atoms with Crippen LogP contribution in [0.2, 0.25) is 0 Å². The summed E-state index contributed by atoms with van der Waals surface area (Å²) < 4.78 is 1.59. The van der Waals surface area contributed by atoms with Crippen molar-refractivity contribution in [1.82, 2.24) is 9.78 Å². The lowest BCUT2D eigenvalue weighted by Gasteiger charge is -2.12. The van der Waals surface area contributed by atoms with E-state index in [0.29, 0.717) is 17.8 Å². The van der Waals surface area contributed by atoms with Gasteiger partial charge in [0.15, 0.2) is 0 Å². The molecular weight excluding hydrogens is 254 g/mol. The van der Waals surface area contributed by atoms with E-state index in [1.807, 2.05) is 27.7 Å². The highest BCUT2D eigenvalue weighted by Crippen LogP contribution is 2.31. The van der Waals surface area contributed by atoms with Gasteiger partial charge in [-0.25, -0.2) is 0 Å². The summed E-state index contributed by atoms with van der Waals surface area (Å²) in [6.07, 6.45) is 0.464. The van der Waals surface area contributed by atoms with Crippen molar-refractivity contribution in [2.75, 3.05) is 0 Å². The molecule has 0 saturated carbocycles. The Bertz CT molecular complexity index is 441. The molecule has 0 spiro atoms. The van der Waals surface area contributed by atoms with E-state index >= 15 is 0 Å². The van der Waals surface area contributed by atoms with Crippen molar-refractivity contribution in [3.8, 4) is 0 Å². The summed E-state index contributed by atoms with van der Waals surface area (Å²) in [5.41, 5.74) is 1.27. The van der Waals surface area contributed by atoms with Crippen LogP contribution in [0.5, 0.6) is 0 Å². The highest BCUT2D eigenvalue weighted by molar-refractivity contribution is 6.20. The highest BCUT2D eigenvalue weighted by Gasteiger charge is 2.29. The number of aromatic nitrogens is 2. The molecule has 1 heterocycles. The first kappa shape index (κ1) is 15.0. The summed E-state index contributed by atoms with van der Waals surface area (Å²) in [5.74, 6) is 0.293. The molecule has 1 aromatic heterocycles. The molecule has 0 N–H and O–H groups in total. The van der Waals surface area contributed by atoms with Gasteiger partial charge in [-0.05, 0) is 5.92 Å². The van der Waals surface area contributed by atoms with Gasteiger partial charge in [-0.1, -0.05) is 27.7 Å². The van der Waals surface area contributed by atoms with Gasteiger partial charge in [0.25, 0.3) is 0 Å². The van der Waals surface area contributed by atoms with Crippen LogP contribution < -0.4 is 0 Å². The molecular formula is C12H20ClN3O2. The van der Waals surface area contributed by atoms with Gasteiger partial charge in [-0.2, -0.15) is 5.10 Å². The quantitative estimate of drug-likeness (QED) is 0.470. The first-order valence-electron chi connectivity index (χ1n) is 6.09. The number of nitro groups is 1. The number of nitrogens with zero attached hydrogens (tertiary/aromatic N) is 3. The number of aryl methyl sites for hydroxylation is 1. The zero-order valence-electron chi connectivity index (χ0n) is 11.5. The summed E-state index contributed by atoms with van der Waals surface area (Å²) in [6.45, 7) is 7.81. The van der Waals surface area contributed by atoms with Gasteiger partial charge >= 0.3 is 5.69 Å². The maximum atomic E-state index is 11.2. The second-order valence-corrected chi connectivity index (χ2v) is 5.74. The van der Waals surface area contributed by atoms with E-state index in [9.17, 15) is 10.1 Å². The Labute approximate surface area is 112 Å². The molecule has 0 aliphatic carbocycles. The van der Waals surface area contributed by atoms with Crippen LogP contribution in [0.1, 0.15) is 45.0 Å². The van der Waals surface area contributed by atoms with Crippen molar-refractivity contribution in [2.45, 2.75) is 45.4 Å². The molecule has 1 rings (SSSR count). The molecule has 0 fully saturated rings. The lowest BCUT2D eigenvalue weighted by molar-refractivity contribution is -0.386. The predicted molar refractivity (Wildman–Crippen MR) is 72.1 cm³/mol. The lowest BCUT2D eigenvalue weighted by Crippen LogP contribution is -2.14. The second kappa shape index (κ2) is 5.69. The predicted octanol–water partition coefficient (Wildman–Crippen LogP) is 3.26. The fourth-order valence-corrected chi connectivity index (χ4v) is 1.95. The molecule has 1 unspecified atom stereocenters. The van der Waals surface area contributed by atoms with Crippen molar-refractivity contribution >= 4 is 17.3 Å². The normalized spacial score (nSPS) is 13.3. The number of hydrogen-bond donors (Lipinski definition) is 0. The van der Waals surface area contributed by atoms with E-state index in [0.717, 1.165) is 0 Å². The van der Waals surface area contributed by atoms with Crippen LogP contribution in [0.25, 0.3) is 0 Å². The molecule has 0 aliphatic heterocycles. The minimum atomic E-state index is -0.346. The fourth-order valence-electron chi connectivity index (χ4n) is 1.81. The monoisotopic (exact) mass is 273 g/mol. The van der Waals surface area contributed by atoms with Gasteiger partial charge in [0.2, 0.25) is 0 Å². The first-order valence-corrected chi connectivity index (χ1v) is 6.53. The minimum absolute atomic E-state index is 0.0261. The third-order valence-electron chi connectivity index (χ3n) is 3.01. The van der Waals surface area contributed by atoms with Crippen molar-refractivity contribution in [1.29, 1.82) is 0 Å². The van der Waals surface area contributed by atoms with Gasteiger partial charge in [-0.3, -0.25) is 14.8 Å². The van der Waals surface area contributed by atoms with Gasteiger partial charge in [0.1, 0.15) is 11.4 Å². The van der Waals surface area contributed by atoms with Crippen molar-refractivity contribution in [2.24, 2.45) is 13.0 Å². The summed E-state index contributed by atoms with van der Waals surface area (Å²) in [6, 6.07) is 0. The van der Waals surface area contributed by atoms with Gasteiger partial charge in [0.05, 0.1) is 4.92 Å². The zero-order chi connectivity index (χ0) is 14.0. The smallest absolute Gasteiger partial charge is 0.265 e. The topological polar surface area (TPSA) is 61.0 Å². The van der Waals surface area contributed by atoms with Crippen LogP contribution in [0.15, 0.2) is 0 Å². The Morgan fingerprint density at radius 2 is 1.94 bits per heavy atom. The van der Waals surface area contributed by atoms with E-state index in [-0.39, 0.29) is 27.8 Å². The van der Waals surface area contributed by atoms with Gasteiger partial charge in [0, 0.05) is 24.8 Å². The number of alkyl halides is 1. The molecule has 0 saturated heterocycles. The van der Waals surface area contributed by atoms with Crippen LogP contribution in [0.4, 0.5) is 5.69 Å². The van der Waals surface area contributed by atoms with Crippen LogP contribution in [-0.2, 0) is 13.5 Å². The molecule has 0 radical (unpaired) electrons. The number of halogens is 1. The molecule has 5 nitrogen and oxygen atoms in total.